The molecule has 0 amide bonds. The molecule has 15 heavy (non-hydrogen) atoms. The number of hydrogen-bond acceptors (Lipinski definition) is 0. The fraction of sp³-hybridized carbons (Fsp3) is 0.867. The molecule has 0 bridgehead atoms. The quantitative estimate of drug-likeness (QED) is 0.302. The lowest BCUT2D eigenvalue weighted by atomic mass is 9.96. The first-order valence-corrected chi connectivity index (χ1v) is 6.92. The predicted molar refractivity (Wildman–Crippen MR) is 71.2 cm³/mol. The Morgan fingerprint density at radius 3 is 2.07 bits per heavy atom. The van der Waals surface area contributed by atoms with Gasteiger partial charge in [-0.05, 0) is 18.8 Å². The molecule has 0 saturated carbocycles. The molecule has 0 nitrogen and oxygen atoms in total. The summed E-state index contributed by atoms with van der Waals surface area (Å²) in [7, 11) is 0. The molecule has 0 aliphatic carbocycles. The highest BCUT2D eigenvalue weighted by Gasteiger charge is 2.01. The minimum atomic E-state index is 0.950. The van der Waals surface area contributed by atoms with Crippen LogP contribution in [0.15, 0.2) is 12.7 Å². The van der Waals surface area contributed by atoms with E-state index in [2.05, 4.69) is 20.4 Å². The molecule has 0 heterocycles. The number of allylic oxidation sites excluding steroid dienone is 1. The monoisotopic (exact) mass is 210 g/mol. The van der Waals surface area contributed by atoms with E-state index in [1.807, 2.05) is 6.08 Å². The first-order chi connectivity index (χ1) is 7.31. The van der Waals surface area contributed by atoms with Crippen molar-refractivity contribution < 1.29 is 0 Å². The van der Waals surface area contributed by atoms with E-state index < -0.39 is 0 Å². The van der Waals surface area contributed by atoms with Crippen LogP contribution < -0.4 is 0 Å². The van der Waals surface area contributed by atoms with Crippen LogP contribution in [0.3, 0.4) is 0 Å². The van der Waals surface area contributed by atoms with Gasteiger partial charge in [-0.1, -0.05) is 71.3 Å². The van der Waals surface area contributed by atoms with Crippen LogP contribution >= 0.6 is 0 Å². The third-order valence-corrected chi connectivity index (χ3v) is 3.16. The Morgan fingerprint density at radius 2 is 1.53 bits per heavy atom. The van der Waals surface area contributed by atoms with Gasteiger partial charge in [0.15, 0.2) is 0 Å². The van der Waals surface area contributed by atoms with Crippen molar-refractivity contribution in [2.75, 3.05) is 0 Å². The van der Waals surface area contributed by atoms with E-state index in [9.17, 15) is 0 Å². The Morgan fingerprint density at radius 1 is 0.933 bits per heavy atom. The highest BCUT2D eigenvalue weighted by molar-refractivity contribution is 4.65. The Labute approximate surface area is 97.2 Å². The van der Waals surface area contributed by atoms with E-state index in [0.29, 0.717) is 0 Å². The normalized spacial score (nSPS) is 12.7. The minimum absolute atomic E-state index is 0.950. The summed E-state index contributed by atoms with van der Waals surface area (Å²) in [5, 5.41) is 0. The summed E-state index contributed by atoms with van der Waals surface area (Å²) < 4.78 is 0. The van der Waals surface area contributed by atoms with Gasteiger partial charge >= 0.3 is 0 Å². The SMILES string of the molecule is C=CCCCCCC(C)CCCCCC. The minimum Gasteiger partial charge on any atom is -0.103 e. The fourth-order valence-corrected chi connectivity index (χ4v) is 2.02. The van der Waals surface area contributed by atoms with E-state index >= 15 is 0 Å². The molecule has 0 rings (SSSR count). The van der Waals surface area contributed by atoms with Crippen LogP contribution in [0.2, 0.25) is 0 Å². The molecular formula is C15H30. The van der Waals surface area contributed by atoms with E-state index in [1.54, 1.807) is 0 Å². The Kier molecular flexibility index (Phi) is 11.6. The van der Waals surface area contributed by atoms with Crippen LogP contribution in [0.4, 0.5) is 0 Å². The molecule has 0 heteroatoms. The third-order valence-electron chi connectivity index (χ3n) is 3.16. The Bertz CT molecular complexity index is 126. The van der Waals surface area contributed by atoms with Gasteiger partial charge in [0.05, 0.1) is 0 Å². The maximum absolute atomic E-state index is 3.75. The van der Waals surface area contributed by atoms with Gasteiger partial charge in [0.2, 0.25) is 0 Å². The van der Waals surface area contributed by atoms with Crippen molar-refractivity contribution in [3.05, 3.63) is 12.7 Å². The van der Waals surface area contributed by atoms with Gasteiger partial charge in [0.25, 0.3) is 0 Å². The van der Waals surface area contributed by atoms with E-state index in [4.69, 9.17) is 0 Å². The molecule has 0 aromatic carbocycles. The summed E-state index contributed by atoms with van der Waals surface area (Å²) in [5.74, 6) is 0.950. The Hall–Kier alpha value is -0.260. The molecule has 0 fully saturated rings. The maximum atomic E-state index is 3.75. The summed E-state index contributed by atoms with van der Waals surface area (Å²) in [6.45, 7) is 8.45. The maximum Gasteiger partial charge on any atom is -0.0353 e. The van der Waals surface area contributed by atoms with E-state index in [1.165, 1.54) is 64.2 Å². The van der Waals surface area contributed by atoms with Gasteiger partial charge in [-0.3, -0.25) is 0 Å². The zero-order valence-corrected chi connectivity index (χ0v) is 10.9. The lowest BCUT2D eigenvalue weighted by Gasteiger charge is -2.10. The molecule has 0 aliphatic rings. The molecule has 0 spiro atoms. The second kappa shape index (κ2) is 11.8. The van der Waals surface area contributed by atoms with Crippen molar-refractivity contribution in [1.29, 1.82) is 0 Å². The van der Waals surface area contributed by atoms with Crippen molar-refractivity contribution in [2.24, 2.45) is 5.92 Å². The first-order valence-electron chi connectivity index (χ1n) is 6.92. The van der Waals surface area contributed by atoms with Crippen molar-refractivity contribution in [3.63, 3.8) is 0 Å². The Balaban J connectivity index is 3.11. The highest BCUT2D eigenvalue weighted by atomic mass is 14.1. The molecule has 1 atom stereocenters. The first kappa shape index (κ1) is 14.7. The van der Waals surface area contributed by atoms with Crippen LogP contribution in [-0.2, 0) is 0 Å². The van der Waals surface area contributed by atoms with Gasteiger partial charge in [0.1, 0.15) is 0 Å². The molecule has 0 saturated heterocycles. The summed E-state index contributed by atoms with van der Waals surface area (Å²) in [6.07, 6.45) is 15.9. The summed E-state index contributed by atoms with van der Waals surface area (Å²) in [4.78, 5) is 0. The van der Waals surface area contributed by atoms with Crippen molar-refractivity contribution in [3.8, 4) is 0 Å². The lowest BCUT2D eigenvalue weighted by molar-refractivity contribution is 0.437. The molecular weight excluding hydrogens is 180 g/mol. The predicted octanol–water partition coefficient (Wildman–Crippen LogP) is 5.73. The van der Waals surface area contributed by atoms with Crippen molar-refractivity contribution in [1.82, 2.24) is 0 Å². The second-order valence-corrected chi connectivity index (χ2v) is 4.88. The van der Waals surface area contributed by atoms with E-state index in [-0.39, 0.29) is 0 Å². The molecule has 90 valence electrons. The van der Waals surface area contributed by atoms with Crippen LogP contribution in [-0.4, -0.2) is 0 Å². The number of unbranched alkanes of at least 4 members (excludes halogenated alkanes) is 6. The molecule has 0 aromatic heterocycles. The lowest BCUT2D eigenvalue weighted by Crippen LogP contribution is -1.94. The second-order valence-electron chi connectivity index (χ2n) is 4.88. The molecule has 0 radical (unpaired) electrons. The summed E-state index contributed by atoms with van der Waals surface area (Å²) in [5.41, 5.74) is 0. The largest absolute Gasteiger partial charge is 0.103 e. The van der Waals surface area contributed by atoms with Crippen LogP contribution in [0.5, 0.6) is 0 Å². The van der Waals surface area contributed by atoms with Crippen LogP contribution in [0, 0.1) is 5.92 Å². The smallest absolute Gasteiger partial charge is 0.0353 e. The van der Waals surface area contributed by atoms with Gasteiger partial charge in [-0.25, -0.2) is 0 Å². The average Bonchev–Trinajstić information content (AvgIpc) is 2.24. The topological polar surface area (TPSA) is 0 Å². The van der Waals surface area contributed by atoms with Crippen LogP contribution in [0.1, 0.15) is 78.1 Å². The number of hydrogen-bond donors (Lipinski definition) is 0. The summed E-state index contributed by atoms with van der Waals surface area (Å²) in [6, 6.07) is 0. The van der Waals surface area contributed by atoms with Gasteiger partial charge in [0, 0.05) is 0 Å². The number of rotatable bonds is 11. The van der Waals surface area contributed by atoms with Gasteiger partial charge < -0.3 is 0 Å². The zero-order valence-electron chi connectivity index (χ0n) is 10.9. The molecule has 1 unspecified atom stereocenters. The van der Waals surface area contributed by atoms with Crippen LogP contribution in [0.25, 0.3) is 0 Å². The van der Waals surface area contributed by atoms with E-state index in [0.717, 1.165) is 5.92 Å². The standard InChI is InChI=1S/C15H30/c1-4-6-8-10-12-14-15(3)13-11-9-7-5-2/h4,15H,1,5-14H2,2-3H3. The fourth-order valence-electron chi connectivity index (χ4n) is 2.02. The average molecular weight is 210 g/mol. The molecule has 0 aromatic rings. The molecule has 0 aliphatic heterocycles. The zero-order chi connectivity index (χ0) is 11.4. The third kappa shape index (κ3) is 11.7. The van der Waals surface area contributed by atoms with Gasteiger partial charge in [-0.2, -0.15) is 0 Å². The van der Waals surface area contributed by atoms with Crippen molar-refractivity contribution >= 4 is 0 Å². The highest BCUT2D eigenvalue weighted by Crippen LogP contribution is 2.17. The van der Waals surface area contributed by atoms with Gasteiger partial charge in [-0.15, -0.1) is 6.58 Å². The molecule has 0 N–H and O–H groups in total. The summed E-state index contributed by atoms with van der Waals surface area (Å²) >= 11 is 0. The van der Waals surface area contributed by atoms with Crippen molar-refractivity contribution in [2.45, 2.75) is 78.1 Å².